The number of rotatable bonds is 16. The molecular formula is C51H84FN5O14S. The topological polar surface area (TPSA) is 255 Å². The first-order chi connectivity index (χ1) is 33.5. The lowest BCUT2D eigenvalue weighted by Crippen LogP contribution is -2.60. The average Bonchev–Trinajstić information content (AvgIpc) is 3.80. The monoisotopic (exact) mass is 1040 g/mol. The summed E-state index contributed by atoms with van der Waals surface area (Å²) in [5.41, 5.74) is -3.45. The zero-order valence-corrected chi connectivity index (χ0v) is 45.5. The van der Waals surface area contributed by atoms with Crippen molar-refractivity contribution in [3.63, 3.8) is 0 Å². The second-order valence-electron chi connectivity index (χ2n) is 21.6. The van der Waals surface area contributed by atoms with Crippen molar-refractivity contribution in [1.29, 1.82) is 5.41 Å². The number of ether oxygens (including phenoxy) is 7. The Bertz CT molecular complexity index is 2200. The van der Waals surface area contributed by atoms with Gasteiger partial charge in [-0.2, -0.15) is 0 Å². The zero-order valence-electron chi connectivity index (χ0n) is 44.7. The molecule has 0 bridgehead atoms. The number of benzene rings is 1. The third kappa shape index (κ3) is 13.7. The predicted octanol–water partition coefficient (Wildman–Crippen LogP) is 4.77. The molecule has 3 aliphatic rings. The maximum atomic E-state index is 14.7. The molecule has 3 saturated heterocycles. The van der Waals surface area contributed by atoms with Crippen molar-refractivity contribution < 1.29 is 71.2 Å². The van der Waals surface area contributed by atoms with E-state index in [1.807, 2.05) is 20.9 Å². The minimum atomic E-state index is -3.43. The number of halogens is 1. The van der Waals surface area contributed by atoms with Gasteiger partial charge in [-0.05, 0) is 91.5 Å². The summed E-state index contributed by atoms with van der Waals surface area (Å²) in [6.45, 7) is 16.7. The van der Waals surface area contributed by atoms with E-state index in [1.165, 1.54) is 38.0 Å². The first kappa shape index (κ1) is 59.8. The number of esters is 1. The summed E-state index contributed by atoms with van der Waals surface area (Å²) < 4.78 is 84.2. The summed E-state index contributed by atoms with van der Waals surface area (Å²) >= 11 is 0. The lowest BCUT2D eigenvalue weighted by molar-refractivity contribution is -0.308. The normalized spacial score (nSPS) is 38.8. The number of hydrogen-bond acceptors (Lipinski definition) is 18. The molecule has 0 saturated carbocycles. The molecule has 19 atom stereocenters. The largest absolute Gasteiger partial charge is 0.459 e. The van der Waals surface area contributed by atoms with Crippen molar-refractivity contribution in [2.45, 2.75) is 203 Å². The van der Waals surface area contributed by atoms with Gasteiger partial charge < -0.3 is 63.9 Å². The van der Waals surface area contributed by atoms with E-state index < -0.39 is 124 Å². The molecule has 410 valence electrons. The first-order valence-electron chi connectivity index (χ1n) is 25.3. The van der Waals surface area contributed by atoms with Crippen LogP contribution in [-0.4, -0.2) is 179 Å². The van der Waals surface area contributed by atoms with Crippen LogP contribution >= 0.6 is 0 Å². The summed E-state index contributed by atoms with van der Waals surface area (Å²) in [7, 11) is 1.50. The Morgan fingerprint density at radius 2 is 1.61 bits per heavy atom. The van der Waals surface area contributed by atoms with E-state index in [0.29, 0.717) is 37.1 Å². The molecule has 0 amide bonds. The van der Waals surface area contributed by atoms with Gasteiger partial charge in [0.05, 0.1) is 58.2 Å². The number of aromatic nitrogens is 3. The van der Waals surface area contributed by atoms with E-state index in [2.05, 4.69) is 15.2 Å². The lowest BCUT2D eigenvalue weighted by atomic mass is 9.73. The van der Waals surface area contributed by atoms with Crippen LogP contribution in [0.1, 0.15) is 125 Å². The molecule has 4 heterocycles. The Morgan fingerprint density at radius 3 is 2.19 bits per heavy atom. The number of sulfone groups is 1. The highest BCUT2D eigenvalue weighted by molar-refractivity contribution is 7.90. The summed E-state index contributed by atoms with van der Waals surface area (Å²) in [6, 6.07) is 5.18. The third-order valence-corrected chi connectivity index (χ3v) is 16.9. The highest BCUT2D eigenvalue weighted by Crippen LogP contribution is 2.41. The number of nitrogens with zero attached hydrogens (tertiary/aromatic N) is 4. The molecule has 1 aromatic heterocycles. The second kappa shape index (κ2) is 24.3. The molecule has 0 unspecified atom stereocenters. The van der Waals surface area contributed by atoms with Gasteiger partial charge in [0.15, 0.2) is 22.4 Å². The van der Waals surface area contributed by atoms with Crippen molar-refractivity contribution in [3.8, 4) is 0 Å². The van der Waals surface area contributed by atoms with E-state index in [0.717, 1.165) is 6.26 Å². The molecule has 0 radical (unpaired) electrons. The smallest absolute Gasteiger partial charge is 0.311 e. The van der Waals surface area contributed by atoms with E-state index in [4.69, 9.17) is 33.2 Å². The molecule has 21 heteroatoms. The number of aliphatic hydroxyl groups is 4. The van der Waals surface area contributed by atoms with Crippen LogP contribution in [0.3, 0.4) is 0 Å². The fourth-order valence-corrected chi connectivity index (χ4v) is 11.7. The molecule has 3 fully saturated rings. The lowest BCUT2D eigenvalue weighted by Gasteiger charge is -2.48. The van der Waals surface area contributed by atoms with Crippen LogP contribution < -0.4 is 0 Å². The number of cyclic esters (lactones) is 1. The van der Waals surface area contributed by atoms with Crippen molar-refractivity contribution in [2.24, 2.45) is 23.7 Å². The van der Waals surface area contributed by atoms with Crippen molar-refractivity contribution in [3.05, 3.63) is 41.7 Å². The molecule has 2 aromatic rings. The van der Waals surface area contributed by atoms with Crippen LogP contribution in [0.25, 0.3) is 0 Å². The molecular weight excluding hydrogens is 958 g/mol. The molecule has 5 N–H and O–H groups in total. The van der Waals surface area contributed by atoms with Gasteiger partial charge in [0, 0.05) is 76.1 Å². The molecule has 0 spiro atoms. The number of nitrogens with one attached hydrogen (secondary N) is 1. The van der Waals surface area contributed by atoms with Gasteiger partial charge in [0.2, 0.25) is 0 Å². The van der Waals surface area contributed by atoms with Gasteiger partial charge in [0.1, 0.15) is 36.6 Å². The van der Waals surface area contributed by atoms with E-state index in [-0.39, 0.29) is 42.0 Å². The Labute approximate surface area is 425 Å². The predicted molar refractivity (Wildman–Crippen MR) is 265 cm³/mol. The number of likely N-dealkylation sites (N-methyl/N-ethyl adjacent to an activating group) is 1. The first-order valence-corrected chi connectivity index (χ1v) is 27.2. The van der Waals surface area contributed by atoms with Crippen LogP contribution in [0, 0.1) is 29.1 Å². The highest BCUT2D eigenvalue weighted by Gasteiger charge is 2.52. The maximum Gasteiger partial charge on any atom is 0.311 e. The number of aliphatic hydroxyl groups excluding tert-OH is 2. The Morgan fingerprint density at radius 1 is 0.958 bits per heavy atom. The van der Waals surface area contributed by atoms with E-state index in [9.17, 15) is 43.4 Å². The number of carbonyl (C=O) groups excluding carboxylic acids is 1. The standard InChI is InChI=1S/C51H84FN5O14S/c1-15-39-51(10,62)45(58)30(4)42(53)28(2)24-49(8,61)47(31(5)43(32(6)48(60)69-39)70-41-25-50(9,66-13)46(59)33(7)68-41)71-40-23-36(22-29(3)67-40)56(11)21-20-35-27-57(55-54-35)38(26-52)44(65-12)34-16-18-37(19-17-34)72(14,63)64/h16-19,27-33,36,38-41,43-47,53,58-59,61-62H,15,20-26H2,1-14H3/t28-,29-,30+,31+,32-,33+,36+,38-,39-,40+,41+,43+,44-,45-,46+,47-,49-,50-,51-/m1/s1. The van der Waals surface area contributed by atoms with Crippen LogP contribution in [0.15, 0.2) is 35.4 Å². The fourth-order valence-electron chi connectivity index (χ4n) is 11.1. The van der Waals surface area contributed by atoms with Crippen LogP contribution in [0.5, 0.6) is 0 Å². The minimum Gasteiger partial charge on any atom is -0.459 e. The molecule has 1 aromatic carbocycles. The molecule has 0 aliphatic carbocycles. The van der Waals surface area contributed by atoms with Crippen molar-refractivity contribution in [1.82, 2.24) is 19.9 Å². The quantitative estimate of drug-likeness (QED) is 0.142. The van der Waals surface area contributed by atoms with Crippen molar-refractivity contribution >= 4 is 21.5 Å². The number of methoxy groups -OCH3 is 2. The van der Waals surface area contributed by atoms with Crippen LogP contribution in [0.4, 0.5) is 4.39 Å². The second-order valence-corrected chi connectivity index (χ2v) is 23.6. The Hall–Kier alpha value is -3.06. The van der Waals surface area contributed by atoms with Gasteiger partial charge in [-0.3, -0.25) is 4.79 Å². The Balaban J connectivity index is 1.41. The highest BCUT2D eigenvalue weighted by atomic mass is 32.2. The summed E-state index contributed by atoms with van der Waals surface area (Å²) in [5.74, 6) is -4.10. The SMILES string of the molecule is CC[C@H]1OC(=O)[C@H](C)[C@@H](O[C@H]2C[C@@](C)(OC)[C@@H](O)[C@H](C)O2)[C@H](C)[C@@H](O[C@H]2C[C@@H](N(C)CCc3cn([C@H](CF)[C@H](OC)c4ccc(S(C)(=O)=O)cc4)nn3)C[C@@H](C)O2)[C@](C)(O)C[C@@H](C)C(=N)[C@H](C)[C@@H](O)[C@]1(C)O. The Kier molecular flexibility index (Phi) is 20.2. The maximum absolute atomic E-state index is 14.7. The van der Waals surface area contributed by atoms with Gasteiger partial charge in [-0.1, -0.05) is 45.0 Å². The molecule has 72 heavy (non-hydrogen) atoms. The van der Waals surface area contributed by atoms with Crippen LogP contribution in [0.2, 0.25) is 0 Å². The van der Waals surface area contributed by atoms with Gasteiger partial charge in [-0.15, -0.1) is 5.10 Å². The molecule has 3 aliphatic heterocycles. The third-order valence-electron chi connectivity index (χ3n) is 15.7. The number of carbonyl (C=O) groups is 1. The summed E-state index contributed by atoms with van der Waals surface area (Å²) in [6.07, 6.45) is -4.95. The number of alkyl halides is 1. The summed E-state index contributed by atoms with van der Waals surface area (Å²) in [4.78, 5) is 16.7. The molecule has 5 rings (SSSR count). The summed E-state index contributed by atoms with van der Waals surface area (Å²) in [5, 5.41) is 65.1. The zero-order chi connectivity index (χ0) is 53.8. The van der Waals surface area contributed by atoms with Gasteiger partial charge >= 0.3 is 5.97 Å². The minimum absolute atomic E-state index is 0.0101. The van der Waals surface area contributed by atoms with E-state index in [1.54, 1.807) is 66.8 Å². The van der Waals surface area contributed by atoms with Crippen LogP contribution in [-0.2, 0) is 54.2 Å². The molecule has 19 nitrogen and oxygen atoms in total. The van der Waals surface area contributed by atoms with Gasteiger partial charge in [0.25, 0.3) is 0 Å². The van der Waals surface area contributed by atoms with Gasteiger partial charge in [-0.25, -0.2) is 17.5 Å². The number of hydrogen-bond donors (Lipinski definition) is 5. The van der Waals surface area contributed by atoms with E-state index >= 15 is 0 Å². The fraction of sp³-hybridized carbons (Fsp3) is 0.804. The average molecular weight is 1040 g/mol. The van der Waals surface area contributed by atoms with Crippen molar-refractivity contribution in [2.75, 3.05) is 40.7 Å².